The number of ether oxygens (including phenoxy) is 2. The van der Waals surface area contributed by atoms with Crippen LogP contribution < -0.4 is 5.32 Å². The van der Waals surface area contributed by atoms with Gasteiger partial charge >= 0.3 is 0 Å². The fourth-order valence-corrected chi connectivity index (χ4v) is 1.33. The molecule has 0 aromatic rings. The third kappa shape index (κ3) is 6.35. The second-order valence-electron chi connectivity index (χ2n) is 3.98. The number of nitrogens with one attached hydrogen (secondary N) is 1. The Morgan fingerprint density at radius 3 is 2.50 bits per heavy atom. The minimum atomic E-state index is 0.494. The average Bonchev–Trinajstić information content (AvgIpc) is 3.00. The van der Waals surface area contributed by atoms with Crippen molar-refractivity contribution >= 4 is 0 Å². The van der Waals surface area contributed by atoms with E-state index in [2.05, 4.69) is 19.2 Å². The molecule has 2 unspecified atom stereocenters. The van der Waals surface area contributed by atoms with Gasteiger partial charge in [-0.25, -0.2) is 0 Å². The highest BCUT2D eigenvalue weighted by molar-refractivity contribution is 4.66. The average molecular weight is 201 g/mol. The van der Waals surface area contributed by atoms with Crippen LogP contribution in [-0.4, -0.2) is 38.5 Å². The lowest BCUT2D eigenvalue weighted by molar-refractivity contribution is 0.0223. The van der Waals surface area contributed by atoms with Crippen molar-refractivity contribution in [3.05, 3.63) is 0 Å². The summed E-state index contributed by atoms with van der Waals surface area (Å²) in [7, 11) is 0. The molecule has 2 rings (SSSR count). The van der Waals surface area contributed by atoms with E-state index in [0.29, 0.717) is 12.2 Å². The summed E-state index contributed by atoms with van der Waals surface area (Å²) in [6.45, 7) is 8.24. The Morgan fingerprint density at radius 1 is 1.36 bits per heavy atom. The minimum Gasteiger partial charge on any atom is -0.376 e. The fraction of sp³-hybridized carbons (Fsp3) is 1.00. The zero-order chi connectivity index (χ0) is 10.2. The quantitative estimate of drug-likeness (QED) is 0.704. The minimum absolute atomic E-state index is 0.494. The molecule has 0 bridgehead atoms. The van der Waals surface area contributed by atoms with Crippen molar-refractivity contribution in [3.63, 3.8) is 0 Å². The predicted octanol–water partition coefficient (Wildman–Crippen LogP) is 1.57. The van der Waals surface area contributed by atoms with Gasteiger partial charge in [0.25, 0.3) is 0 Å². The topological polar surface area (TPSA) is 33.8 Å². The lowest BCUT2D eigenvalue weighted by Crippen LogP contribution is -2.38. The van der Waals surface area contributed by atoms with E-state index in [4.69, 9.17) is 9.47 Å². The molecule has 0 radical (unpaired) electrons. The van der Waals surface area contributed by atoms with Crippen LogP contribution in [0, 0.1) is 0 Å². The van der Waals surface area contributed by atoms with Crippen LogP contribution >= 0.6 is 0 Å². The molecule has 2 saturated heterocycles. The van der Waals surface area contributed by atoms with Crippen LogP contribution in [0.4, 0.5) is 0 Å². The number of hydrogen-bond donors (Lipinski definition) is 1. The molecule has 3 heteroatoms. The van der Waals surface area contributed by atoms with E-state index in [0.717, 1.165) is 26.3 Å². The van der Waals surface area contributed by atoms with Crippen LogP contribution in [0.5, 0.6) is 0 Å². The highest BCUT2D eigenvalue weighted by Crippen LogP contribution is 2.05. The molecule has 1 N–H and O–H groups in total. The molecule has 2 heterocycles. The Labute approximate surface area is 87.2 Å². The van der Waals surface area contributed by atoms with Crippen LogP contribution in [0.25, 0.3) is 0 Å². The summed E-state index contributed by atoms with van der Waals surface area (Å²) in [4.78, 5) is 0. The third-order valence-electron chi connectivity index (χ3n) is 2.38. The number of rotatable bonds is 3. The van der Waals surface area contributed by atoms with Crippen LogP contribution in [0.15, 0.2) is 0 Å². The standard InChI is InChI=1S/C8H17NO.C3H6O/c1-2-3-4-8-7-9-5-6-10-8;1-3-2-4-3/h8-9H,2-7H2,1H3;3H,2H2,1H3. The van der Waals surface area contributed by atoms with Gasteiger partial charge in [0.05, 0.1) is 25.4 Å². The molecular formula is C11H23NO2. The van der Waals surface area contributed by atoms with Gasteiger partial charge in [-0.1, -0.05) is 19.8 Å². The number of morpholine rings is 1. The van der Waals surface area contributed by atoms with Gasteiger partial charge in [-0.2, -0.15) is 0 Å². The number of epoxide rings is 1. The van der Waals surface area contributed by atoms with Crippen molar-refractivity contribution in [3.8, 4) is 0 Å². The Kier molecular flexibility index (Phi) is 6.15. The van der Waals surface area contributed by atoms with Gasteiger partial charge in [-0.3, -0.25) is 0 Å². The van der Waals surface area contributed by atoms with Crippen molar-refractivity contribution in [2.75, 3.05) is 26.3 Å². The van der Waals surface area contributed by atoms with Crippen molar-refractivity contribution in [1.82, 2.24) is 5.32 Å². The van der Waals surface area contributed by atoms with Gasteiger partial charge in [-0.15, -0.1) is 0 Å². The molecule has 3 nitrogen and oxygen atoms in total. The van der Waals surface area contributed by atoms with Crippen molar-refractivity contribution in [2.45, 2.75) is 45.3 Å². The maximum atomic E-state index is 5.52. The molecule has 2 fully saturated rings. The Bertz CT molecular complexity index is 131. The summed E-state index contributed by atoms with van der Waals surface area (Å²) in [5.74, 6) is 0. The molecule has 0 amide bonds. The van der Waals surface area contributed by atoms with Gasteiger partial charge in [0.2, 0.25) is 0 Å². The molecule has 2 atom stereocenters. The van der Waals surface area contributed by atoms with Gasteiger partial charge in [0.1, 0.15) is 0 Å². The van der Waals surface area contributed by atoms with E-state index in [9.17, 15) is 0 Å². The first-order chi connectivity index (χ1) is 6.83. The molecule has 0 aromatic carbocycles. The van der Waals surface area contributed by atoms with E-state index < -0.39 is 0 Å². The van der Waals surface area contributed by atoms with Crippen LogP contribution in [0.2, 0.25) is 0 Å². The zero-order valence-corrected chi connectivity index (χ0v) is 9.42. The first-order valence-corrected chi connectivity index (χ1v) is 5.77. The fourth-order valence-electron chi connectivity index (χ4n) is 1.33. The first kappa shape index (κ1) is 12.0. The number of unbranched alkanes of at least 4 members (excludes halogenated alkanes) is 1. The summed E-state index contributed by atoms with van der Waals surface area (Å²) in [6.07, 6.45) is 4.88. The summed E-state index contributed by atoms with van der Waals surface area (Å²) in [6, 6.07) is 0. The molecule has 0 aromatic heterocycles. The zero-order valence-electron chi connectivity index (χ0n) is 9.42. The Balaban J connectivity index is 0.000000203. The third-order valence-corrected chi connectivity index (χ3v) is 2.38. The van der Waals surface area contributed by atoms with Crippen LogP contribution in [0.1, 0.15) is 33.1 Å². The van der Waals surface area contributed by atoms with Crippen molar-refractivity contribution in [2.24, 2.45) is 0 Å². The van der Waals surface area contributed by atoms with Gasteiger partial charge < -0.3 is 14.8 Å². The predicted molar refractivity (Wildman–Crippen MR) is 57.5 cm³/mol. The van der Waals surface area contributed by atoms with Gasteiger partial charge in [0, 0.05) is 13.1 Å². The molecule has 0 aliphatic carbocycles. The second-order valence-corrected chi connectivity index (χ2v) is 3.98. The van der Waals surface area contributed by atoms with E-state index in [1.54, 1.807) is 0 Å². The highest BCUT2D eigenvalue weighted by atomic mass is 16.6. The summed E-state index contributed by atoms with van der Waals surface area (Å²) >= 11 is 0. The maximum Gasteiger partial charge on any atom is 0.0781 e. The summed E-state index contributed by atoms with van der Waals surface area (Å²) < 4.78 is 10.2. The molecule has 84 valence electrons. The molecule has 2 aliphatic heterocycles. The summed E-state index contributed by atoms with van der Waals surface area (Å²) in [5, 5.41) is 3.32. The van der Waals surface area contributed by atoms with Crippen molar-refractivity contribution in [1.29, 1.82) is 0 Å². The Morgan fingerprint density at radius 2 is 2.07 bits per heavy atom. The summed E-state index contributed by atoms with van der Waals surface area (Å²) in [5.41, 5.74) is 0. The second kappa shape index (κ2) is 7.21. The van der Waals surface area contributed by atoms with Crippen LogP contribution in [-0.2, 0) is 9.47 Å². The van der Waals surface area contributed by atoms with E-state index in [1.807, 2.05) is 0 Å². The van der Waals surface area contributed by atoms with Gasteiger partial charge in [-0.05, 0) is 13.3 Å². The largest absolute Gasteiger partial charge is 0.376 e. The monoisotopic (exact) mass is 201 g/mol. The molecular weight excluding hydrogens is 178 g/mol. The normalized spacial score (nSPS) is 30.4. The first-order valence-electron chi connectivity index (χ1n) is 5.77. The van der Waals surface area contributed by atoms with E-state index in [-0.39, 0.29) is 0 Å². The lowest BCUT2D eigenvalue weighted by Gasteiger charge is -2.23. The van der Waals surface area contributed by atoms with E-state index >= 15 is 0 Å². The smallest absolute Gasteiger partial charge is 0.0781 e. The molecule has 14 heavy (non-hydrogen) atoms. The van der Waals surface area contributed by atoms with Gasteiger partial charge in [0.15, 0.2) is 0 Å². The maximum absolute atomic E-state index is 5.52. The molecule has 0 saturated carbocycles. The SMILES string of the molecule is CC1CO1.CCCCC1CNCCO1. The Hall–Kier alpha value is -0.120. The van der Waals surface area contributed by atoms with E-state index in [1.165, 1.54) is 19.3 Å². The lowest BCUT2D eigenvalue weighted by atomic mass is 10.1. The van der Waals surface area contributed by atoms with Crippen molar-refractivity contribution < 1.29 is 9.47 Å². The molecule has 0 spiro atoms. The van der Waals surface area contributed by atoms with Crippen LogP contribution in [0.3, 0.4) is 0 Å². The number of hydrogen-bond acceptors (Lipinski definition) is 3. The molecule has 2 aliphatic rings. The highest BCUT2D eigenvalue weighted by Gasteiger charge is 2.13.